The maximum atomic E-state index is 11.7. The molecule has 0 saturated heterocycles. The second-order valence-electron chi connectivity index (χ2n) is 5.75. The Morgan fingerprint density at radius 1 is 1.38 bits per heavy atom. The molecule has 1 heterocycles. The van der Waals surface area contributed by atoms with Gasteiger partial charge in [0.25, 0.3) is 5.91 Å². The van der Waals surface area contributed by atoms with Crippen molar-refractivity contribution in [2.45, 2.75) is 52.6 Å². The Bertz CT molecular complexity index is 432. The molecule has 2 unspecified atom stereocenters. The number of hydrogen-bond acceptors (Lipinski definition) is 4. The smallest absolute Gasteiger partial charge is 0.258 e. The average molecular weight is 293 g/mol. The first-order valence-electron chi connectivity index (χ1n) is 7.55. The fraction of sp³-hybridized carbons (Fsp3) is 0.625. The number of nitrogens with two attached hydrogens (primary N) is 1. The molecule has 1 rings (SSSR count). The molecule has 5 nitrogen and oxygen atoms in total. The van der Waals surface area contributed by atoms with Crippen LogP contribution in [0.5, 0.6) is 5.75 Å². The van der Waals surface area contributed by atoms with Crippen molar-refractivity contribution in [3.63, 3.8) is 0 Å². The van der Waals surface area contributed by atoms with E-state index >= 15 is 0 Å². The van der Waals surface area contributed by atoms with Crippen LogP contribution in [-0.2, 0) is 11.2 Å². The van der Waals surface area contributed by atoms with E-state index in [1.54, 1.807) is 6.20 Å². The highest BCUT2D eigenvalue weighted by Crippen LogP contribution is 2.10. The second kappa shape index (κ2) is 8.62. The van der Waals surface area contributed by atoms with E-state index in [4.69, 9.17) is 10.5 Å². The van der Waals surface area contributed by atoms with Crippen LogP contribution in [0.15, 0.2) is 18.3 Å². The Morgan fingerprint density at radius 2 is 2.10 bits per heavy atom. The van der Waals surface area contributed by atoms with Crippen molar-refractivity contribution < 1.29 is 9.53 Å². The highest BCUT2D eigenvalue weighted by atomic mass is 16.5. The van der Waals surface area contributed by atoms with Gasteiger partial charge in [0.2, 0.25) is 0 Å². The quantitative estimate of drug-likeness (QED) is 0.767. The van der Waals surface area contributed by atoms with E-state index in [2.05, 4.69) is 31.1 Å². The third-order valence-corrected chi connectivity index (χ3v) is 3.55. The topological polar surface area (TPSA) is 77.2 Å². The van der Waals surface area contributed by atoms with E-state index in [-0.39, 0.29) is 24.6 Å². The van der Waals surface area contributed by atoms with Gasteiger partial charge in [-0.25, -0.2) is 0 Å². The zero-order valence-electron chi connectivity index (χ0n) is 13.4. The molecule has 0 aromatic carbocycles. The summed E-state index contributed by atoms with van der Waals surface area (Å²) in [5, 5.41) is 2.89. The van der Waals surface area contributed by atoms with Crippen molar-refractivity contribution in [1.82, 2.24) is 10.3 Å². The van der Waals surface area contributed by atoms with Gasteiger partial charge >= 0.3 is 0 Å². The van der Waals surface area contributed by atoms with Crippen LogP contribution in [-0.4, -0.2) is 29.6 Å². The molecule has 0 radical (unpaired) electrons. The van der Waals surface area contributed by atoms with Gasteiger partial charge in [0.15, 0.2) is 6.61 Å². The van der Waals surface area contributed by atoms with Gasteiger partial charge in [-0.1, -0.05) is 20.8 Å². The monoisotopic (exact) mass is 293 g/mol. The molecule has 0 spiro atoms. The summed E-state index contributed by atoms with van der Waals surface area (Å²) in [6.07, 6.45) is 3.31. The number of aromatic nitrogens is 1. The summed E-state index contributed by atoms with van der Waals surface area (Å²) in [5.74, 6) is 0.877. The van der Waals surface area contributed by atoms with Crippen molar-refractivity contribution in [2.24, 2.45) is 11.7 Å². The third-order valence-electron chi connectivity index (χ3n) is 3.55. The fourth-order valence-electron chi connectivity index (χ4n) is 1.64. The minimum atomic E-state index is -0.117. The summed E-state index contributed by atoms with van der Waals surface area (Å²) >= 11 is 0. The number of rotatable bonds is 8. The maximum absolute atomic E-state index is 11.7. The Hall–Kier alpha value is -1.62. The highest BCUT2D eigenvalue weighted by molar-refractivity contribution is 5.77. The fourth-order valence-corrected chi connectivity index (χ4v) is 1.64. The molecular formula is C16H27N3O2. The first-order valence-corrected chi connectivity index (χ1v) is 7.55. The van der Waals surface area contributed by atoms with E-state index in [0.29, 0.717) is 11.7 Å². The molecule has 0 bridgehead atoms. The molecule has 1 aromatic rings. The molecule has 0 aliphatic carbocycles. The van der Waals surface area contributed by atoms with Crippen LogP contribution in [0.2, 0.25) is 0 Å². The van der Waals surface area contributed by atoms with Crippen molar-refractivity contribution in [3.05, 3.63) is 24.0 Å². The van der Waals surface area contributed by atoms with Gasteiger partial charge in [-0.2, -0.15) is 0 Å². The van der Waals surface area contributed by atoms with Gasteiger partial charge in [-0.05, 0) is 31.4 Å². The van der Waals surface area contributed by atoms with Crippen LogP contribution in [0.1, 0.15) is 39.8 Å². The lowest BCUT2D eigenvalue weighted by molar-refractivity contribution is -0.124. The molecular weight excluding hydrogens is 266 g/mol. The predicted octanol–water partition coefficient (Wildman–Crippen LogP) is 1.90. The third kappa shape index (κ3) is 6.58. The predicted molar refractivity (Wildman–Crippen MR) is 84.1 cm³/mol. The van der Waals surface area contributed by atoms with Gasteiger partial charge in [-0.3, -0.25) is 9.78 Å². The van der Waals surface area contributed by atoms with Gasteiger partial charge in [0.1, 0.15) is 5.75 Å². The van der Waals surface area contributed by atoms with Crippen LogP contribution < -0.4 is 15.8 Å². The number of amides is 1. The SMILES string of the molecule is CCC(N)Cc1ccc(OCC(=O)NC(C)C(C)C)cn1. The molecule has 3 N–H and O–H groups in total. The molecule has 21 heavy (non-hydrogen) atoms. The molecule has 1 aromatic heterocycles. The van der Waals surface area contributed by atoms with E-state index in [9.17, 15) is 4.79 Å². The standard InChI is InChI=1S/C16H27N3O2/c1-5-13(17)8-14-6-7-15(9-18-14)21-10-16(20)19-12(4)11(2)3/h6-7,9,11-13H,5,8,10,17H2,1-4H3,(H,19,20). The van der Waals surface area contributed by atoms with E-state index in [1.807, 2.05) is 19.1 Å². The molecule has 0 aliphatic heterocycles. The summed E-state index contributed by atoms with van der Waals surface area (Å²) in [6, 6.07) is 3.98. The normalized spacial score (nSPS) is 13.8. The molecule has 0 fully saturated rings. The largest absolute Gasteiger partial charge is 0.482 e. The van der Waals surface area contributed by atoms with Crippen molar-refractivity contribution in [1.29, 1.82) is 0 Å². The Balaban J connectivity index is 2.40. The minimum Gasteiger partial charge on any atom is -0.482 e. The molecule has 5 heteroatoms. The number of nitrogens with one attached hydrogen (secondary N) is 1. The van der Waals surface area contributed by atoms with Crippen molar-refractivity contribution in [3.8, 4) is 5.75 Å². The Labute approximate surface area is 127 Å². The van der Waals surface area contributed by atoms with Gasteiger partial charge < -0.3 is 15.8 Å². The number of ether oxygens (including phenoxy) is 1. The summed E-state index contributed by atoms with van der Waals surface area (Å²) in [5.41, 5.74) is 6.83. The lowest BCUT2D eigenvalue weighted by Gasteiger charge is -2.17. The number of nitrogens with zero attached hydrogens (tertiary/aromatic N) is 1. The number of pyridine rings is 1. The number of carbonyl (C=O) groups is 1. The lowest BCUT2D eigenvalue weighted by atomic mass is 10.1. The van der Waals surface area contributed by atoms with Crippen molar-refractivity contribution >= 4 is 5.91 Å². The Kier molecular flexibility index (Phi) is 7.15. The van der Waals surface area contributed by atoms with E-state index < -0.39 is 0 Å². The Morgan fingerprint density at radius 3 is 2.62 bits per heavy atom. The molecule has 118 valence electrons. The van der Waals surface area contributed by atoms with Crippen LogP contribution in [0, 0.1) is 5.92 Å². The first kappa shape index (κ1) is 17.4. The van der Waals surface area contributed by atoms with Crippen LogP contribution in [0.4, 0.5) is 0 Å². The average Bonchev–Trinajstić information content (AvgIpc) is 2.46. The molecule has 2 atom stereocenters. The summed E-state index contributed by atoms with van der Waals surface area (Å²) < 4.78 is 5.43. The first-order chi connectivity index (χ1) is 9.92. The van der Waals surface area contributed by atoms with Gasteiger partial charge in [0, 0.05) is 24.2 Å². The summed E-state index contributed by atoms with van der Waals surface area (Å²) in [6.45, 7) is 8.17. The van der Waals surface area contributed by atoms with Gasteiger partial charge in [-0.15, -0.1) is 0 Å². The van der Waals surface area contributed by atoms with Crippen LogP contribution in [0.25, 0.3) is 0 Å². The van der Waals surface area contributed by atoms with Crippen LogP contribution in [0.3, 0.4) is 0 Å². The molecule has 1 amide bonds. The second-order valence-corrected chi connectivity index (χ2v) is 5.75. The van der Waals surface area contributed by atoms with E-state index in [1.165, 1.54) is 0 Å². The maximum Gasteiger partial charge on any atom is 0.258 e. The minimum absolute atomic E-state index is 0.00651. The van der Waals surface area contributed by atoms with E-state index in [0.717, 1.165) is 18.5 Å². The zero-order chi connectivity index (χ0) is 15.8. The highest BCUT2D eigenvalue weighted by Gasteiger charge is 2.11. The lowest BCUT2D eigenvalue weighted by Crippen LogP contribution is -2.38. The zero-order valence-corrected chi connectivity index (χ0v) is 13.4. The van der Waals surface area contributed by atoms with Crippen LogP contribution >= 0.6 is 0 Å². The van der Waals surface area contributed by atoms with Crippen molar-refractivity contribution in [2.75, 3.05) is 6.61 Å². The molecule has 0 saturated carbocycles. The summed E-state index contributed by atoms with van der Waals surface area (Å²) in [7, 11) is 0. The molecule has 0 aliphatic rings. The number of hydrogen-bond donors (Lipinski definition) is 2. The van der Waals surface area contributed by atoms with Gasteiger partial charge in [0.05, 0.1) is 6.20 Å². The summed E-state index contributed by atoms with van der Waals surface area (Å²) in [4.78, 5) is 16.0. The number of carbonyl (C=O) groups excluding carboxylic acids is 1.